The Morgan fingerprint density at radius 1 is 1.24 bits per heavy atom. The highest BCUT2D eigenvalue weighted by molar-refractivity contribution is 7.99. The summed E-state index contributed by atoms with van der Waals surface area (Å²) in [6, 6.07) is 6.66. The highest BCUT2D eigenvalue weighted by atomic mass is 32.2. The molecule has 1 aromatic heterocycles. The van der Waals surface area contributed by atoms with E-state index in [1.165, 1.54) is 56.0 Å². The van der Waals surface area contributed by atoms with Gasteiger partial charge in [-0.25, -0.2) is 9.37 Å². The molecule has 0 radical (unpaired) electrons. The van der Waals surface area contributed by atoms with Gasteiger partial charge in [0.15, 0.2) is 5.16 Å². The van der Waals surface area contributed by atoms with Gasteiger partial charge >= 0.3 is 0 Å². The zero-order chi connectivity index (χ0) is 17.5. The van der Waals surface area contributed by atoms with E-state index in [0.29, 0.717) is 22.6 Å². The lowest BCUT2D eigenvalue weighted by Crippen LogP contribution is -2.36. The van der Waals surface area contributed by atoms with E-state index in [0.717, 1.165) is 12.8 Å². The Hall–Kier alpha value is -1.82. The average Bonchev–Trinajstić information content (AvgIpc) is 3.04. The van der Waals surface area contributed by atoms with Crippen LogP contribution in [0.5, 0.6) is 0 Å². The van der Waals surface area contributed by atoms with Gasteiger partial charge in [0.1, 0.15) is 5.82 Å². The first-order valence-electron chi connectivity index (χ1n) is 8.94. The SMILES string of the molecule is O=C(CSc1nccn1-c1cccc(F)c1)NC1CCCCCCC1. The molecule has 1 heterocycles. The molecule has 1 amide bonds. The fraction of sp³-hybridized carbons (Fsp3) is 0.474. The van der Waals surface area contributed by atoms with Crippen LogP contribution in [0.1, 0.15) is 44.9 Å². The van der Waals surface area contributed by atoms with Gasteiger partial charge in [-0.15, -0.1) is 0 Å². The number of hydrogen-bond acceptors (Lipinski definition) is 3. The molecule has 6 heteroatoms. The van der Waals surface area contributed by atoms with Crippen LogP contribution in [-0.2, 0) is 4.79 Å². The monoisotopic (exact) mass is 361 g/mol. The van der Waals surface area contributed by atoms with Crippen molar-refractivity contribution in [3.05, 3.63) is 42.5 Å². The van der Waals surface area contributed by atoms with Crippen LogP contribution in [0.3, 0.4) is 0 Å². The average molecular weight is 361 g/mol. The van der Waals surface area contributed by atoms with Crippen molar-refractivity contribution in [3.8, 4) is 5.69 Å². The van der Waals surface area contributed by atoms with Gasteiger partial charge in [0, 0.05) is 18.4 Å². The number of amides is 1. The normalized spacial score (nSPS) is 16.2. The second-order valence-corrected chi connectivity index (χ2v) is 7.40. The number of thioether (sulfide) groups is 1. The predicted molar refractivity (Wildman–Crippen MR) is 98.5 cm³/mol. The smallest absolute Gasteiger partial charge is 0.230 e. The van der Waals surface area contributed by atoms with E-state index < -0.39 is 0 Å². The Morgan fingerprint density at radius 2 is 2.00 bits per heavy atom. The number of hydrogen-bond donors (Lipinski definition) is 1. The molecule has 3 rings (SSSR count). The van der Waals surface area contributed by atoms with E-state index in [1.54, 1.807) is 23.0 Å². The highest BCUT2D eigenvalue weighted by Gasteiger charge is 2.15. The quantitative estimate of drug-likeness (QED) is 0.806. The van der Waals surface area contributed by atoms with Crippen LogP contribution in [-0.4, -0.2) is 27.3 Å². The zero-order valence-corrected chi connectivity index (χ0v) is 15.1. The molecule has 4 nitrogen and oxygen atoms in total. The maximum Gasteiger partial charge on any atom is 0.230 e. The minimum atomic E-state index is -0.288. The molecule has 2 aromatic rings. The first-order chi connectivity index (χ1) is 12.2. The molecule has 1 fully saturated rings. The molecule has 1 aliphatic rings. The number of aromatic nitrogens is 2. The third-order valence-electron chi connectivity index (χ3n) is 4.50. The van der Waals surface area contributed by atoms with Crippen molar-refractivity contribution in [3.63, 3.8) is 0 Å². The summed E-state index contributed by atoms with van der Waals surface area (Å²) in [5.74, 6) is 0.0802. The third-order valence-corrected chi connectivity index (χ3v) is 5.46. The number of benzene rings is 1. The zero-order valence-electron chi connectivity index (χ0n) is 14.3. The Balaban J connectivity index is 1.55. The van der Waals surface area contributed by atoms with Gasteiger partial charge in [-0.3, -0.25) is 9.36 Å². The molecule has 25 heavy (non-hydrogen) atoms. The van der Waals surface area contributed by atoms with E-state index in [2.05, 4.69) is 10.3 Å². The maximum atomic E-state index is 13.4. The summed E-state index contributed by atoms with van der Waals surface area (Å²) >= 11 is 1.38. The fourth-order valence-corrected chi connectivity index (χ4v) is 4.00. The summed E-state index contributed by atoms with van der Waals surface area (Å²) in [6.07, 6.45) is 11.9. The van der Waals surface area contributed by atoms with E-state index in [4.69, 9.17) is 0 Å². The topological polar surface area (TPSA) is 46.9 Å². The summed E-state index contributed by atoms with van der Waals surface area (Å²) in [4.78, 5) is 16.6. The number of rotatable bonds is 5. The van der Waals surface area contributed by atoms with Crippen LogP contribution in [0.4, 0.5) is 4.39 Å². The summed E-state index contributed by atoms with van der Waals surface area (Å²) < 4.78 is 15.2. The molecule has 0 saturated heterocycles. The van der Waals surface area contributed by atoms with Crippen LogP contribution < -0.4 is 5.32 Å². The summed E-state index contributed by atoms with van der Waals surface area (Å²) in [7, 11) is 0. The van der Waals surface area contributed by atoms with Crippen LogP contribution in [0.15, 0.2) is 41.8 Å². The molecular formula is C19H24FN3OS. The summed E-state index contributed by atoms with van der Waals surface area (Å²) in [5, 5.41) is 3.85. The Labute approximate surface area is 152 Å². The first-order valence-corrected chi connectivity index (χ1v) is 9.92. The molecule has 1 N–H and O–H groups in total. The van der Waals surface area contributed by atoms with Gasteiger partial charge in [0.25, 0.3) is 0 Å². The van der Waals surface area contributed by atoms with E-state index in [1.807, 2.05) is 6.07 Å². The van der Waals surface area contributed by atoms with Gasteiger partial charge in [-0.2, -0.15) is 0 Å². The molecule has 134 valence electrons. The van der Waals surface area contributed by atoms with Gasteiger partial charge < -0.3 is 5.32 Å². The van der Waals surface area contributed by atoms with Gasteiger partial charge in [0.2, 0.25) is 5.91 Å². The number of imidazole rings is 1. The van der Waals surface area contributed by atoms with E-state index in [9.17, 15) is 9.18 Å². The number of carbonyl (C=O) groups excluding carboxylic acids is 1. The molecule has 1 aromatic carbocycles. The number of halogens is 1. The highest BCUT2D eigenvalue weighted by Crippen LogP contribution is 2.21. The summed E-state index contributed by atoms with van der Waals surface area (Å²) in [6.45, 7) is 0. The van der Waals surface area contributed by atoms with E-state index >= 15 is 0 Å². The van der Waals surface area contributed by atoms with E-state index in [-0.39, 0.29) is 11.7 Å². The first kappa shape index (κ1) is 18.0. The number of nitrogens with one attached hydrogen (secondary N) is 1. The van der Waals surface area contributed by atoms with Crippen molar-refractivity contribution in [2.24, 2.45) is 0 Å². The Kier molecular flexibility index (Phi) is 6.50. The van der Waals surface area contributed by atoms with Crippen molar-refractivity contribution in [1.29, 1.82) is 0 Å². The Bertz CT molecular complexity index is 695. The Morgan fingerprint density at radius 3 is 2.76 bits per heavy atom. The van der Waals surface area contributed by atoms with Crippen molar-refractivity contribution in [1.82, 2.24) is 14.9 Å². The largest absolute Gasteiger partial charge is 0.353 e. The molecule has 1 saturated carbocycles. The van der Waals surface area contributed by atoms with Crippen molar-refractivity contribution in [2.45, 2.75) is 56.1 Å². The van der Waals surface area contributed by atoms with Gasteiger partial charge in [0.05, 0.1) is 11.4 Å². The fourth-order valence-electron chi connectivity index (χ4n) is 3.22. The summed E-state index contributed by atoms with van der Waals surface area (Å²) in [5.41, 5.74) is 0.709. The van der Waals surface area contributed by atoms with Crippen LogP contribution in [0.25, 0.3) is 5.69 Å². The third kappa shape index (κ3) is 5.33. The van der Waals surface area contributed by atoms with Crippen LogP contribution in [0.2, 0.25) is 0 Å². The molecule has 0 atom stereocenters. The minimum absolute atomic E-state index is 0.0457. The van der Waals surface area contributed by atoms with Gasteiger partial charge in [-0.05, 0) is 31.0 Å². The van der Waals surface area contributed by atoms with Crippen LogP contribution >= 0.6 is 11.8 Å². The molecule has 0 spiro atoms. The second-order valence-electron chi connectivity index (χ2n) is 6.46. The lowest BCUT2D eigenvalue weighted by Gasteiger charge is -2.20. The maximum absolute atomic E-state index is 13.4. The molecule has 1 aliphatic carbocycles. The predicted octanol–water partition coefficient (Wildman–Crippen LogP) is 4.33. The molecular weight excluding hydrogens is 337 g/mol. The van der Waals surface area contributed by atoms with Crippen LogP contribution in [0, 0.1) is 5.82 Å². The molecule has 0 aliphatic heterocycles. The minimum Gasteiger partial charge on any atom is -0.353 e. The van der Waals surface area contributed by atoms with Crippen molar-refractivity contribution in [2.75, 3.05) is 5.75 Å². The number of carbonyl (C=O) groups is 1. The molecule has 0 bridgehead atoms. The molecule has 0 unspecified atom stereocenters. The lowest BCUT2D eigenvalue weighted by atomic mass is 9.97. The van der Waals surface area contributed by atoms with Gasteiger partial charge in [-0.1, -0.05) is 49.9 Å². The lowest BCUT2D eigenvalue weighted by molar-refractivity contribution is -0.119. The standard InChI is InChI=1S/C19H24FN3OS/c20-15-7-6-10-17(13-15)23-12-11-21-19(23)25-14-18(24)22-16-8-4-2-1-3-5-9-16/h6-7,10-13,16H,1-5,8-9,14H2,(H,22,24). The number of nitrogens with zero attached hydrogens (tertiary/aromatic N) is 2. The van der Waals surface area contributed by atoms with Crippen molar-refractivity contribution < 1.29 is 9.18 Å². The second kappa shape index (κ2) is 9.04. The van der Waals surface area contributed by atoms with Crippen molar-refractivity contribution >= 4 is 17.7 Å².